The number of nitrogens with zero attached hydrogens (tertiary/aromatic N) is 2. The fourth-order valence-corrected chi connectivity index (χ4v) is 2.85. The van der Waals surface area contributed by atoms with E-state index < -0.39 is 0 Å². The van der Waals surface area contributed by atoms with Crippen LogP contribution in [0.1, 0.15) is 24.4 Å². The zero-order valence-corrected chi connectivity index (χ0v) is 15.3. The Hall–Kier alpha value is -3.06. The standard InChI is InChI=1S/C20H21N3O4/c1-13(21-12-14-6-7-17-18(10-14)26-9-8-25-17)20-22-19(23-27-20)15-4-3-5-16(11-15)24-2/h3-7,10-11,13,21H,8-9,12H2,1-2H3. The third-order valence-corrected chi connectivity index (χ3v) is 4.36. The normalized spacial score (nSPS) is 14.0. The Labute approximate surface area is 157 Å². The molecule has 7 heteroatoms. The van der Waals surface area contributed by atoms with Crippen molar-refractivity contribution in [2.45, 2.75) is 19.5 Å². The highest BCUT2D eigenvalue weighted by molar-refractivity contribution is 5.56. The lowest BCUT2D eigenvalue weighted by atomic mass is 10.2. The summed E-state index contributed by atoms with van der Waals surface area (Å²) in [6, 6.07) is 13.4. The molecule has 7 nitrogen and oxygen atoms in total. The van der Waals surface area contributed by atoms with Gasteiger partial charge in [-0.3, -0.25) is 0 Å². The Kier molecular flexibility index (Phi) is 4.93. The monoisotopic (exact) mass is 367 g/mol. The maximum absolute atomic E-state index is 5.62. The molecule has 1 aromatic heterocycles. The van der Waals surface area contributed by atoms with Crippen LogP contribution < -0.4 is 19.5 Å². The van der Waals surface area contributed by atoms with Gasteiger partial charge in [0.2, 0.25) is 11.7 Å². The quantitative estimate of drug-likeness (QED) is 0.715. The van der Waals surface area contributed by atoms with Gasteiger partial charge < -0.3 is 24.1 Å². The van der Waals surface area contributed by atoms with Crippen molar-refractivity contribution in [2.75, 3.05) is 20.3 Å². The molecular weight excluding hydrogens is 346 g/mol. The Balaban J connectivity index is 1.41. The molecule has 4 rings (SSSR count). The topological polar surface area (TPSA) is 78.6 Å². The summed E-state index contributed by atoms with van der Waals surface area (Å²) in [4.78, 5) is 4.50. The maximum Gasteiger partial charge on any atom is 0.243 e. The van der Waals surface area contributed by atoms with Crippen LogP contribution in [0.3, 0.4) is 0 Å². The van der Waals surface area contributed by atoms with Crippen LogP contribution >= 0.6 is 0 Å². The van der Waals surface area contributed by atoms with Gasteiger partial charge in [0.15, 0.2) is 11.5 Å². The van der Waals surface area contributed by atoms with E-state index in [9.17, 15) is 0 Å². The summed E-state index contributed by atoms with van der Waals surface area (Å²) in [5.74, 6) is 3.40. The van der Waals surface area contributed by atoms with Crippen molar-refractivity contribution < 1.29 is 18.7 Å². The second kappa shape index (κ2) is 7.67. The van der Waals surface area contributed by atoms with Crippen LogP contribution in [0.4, 0.5) is 0 Å². The van der Waals surface area contributed by atoms with Gasteiger partial charge in [-0.25, -0.2) is 0 Å². The fraction of sp³-hybridized carbons (Fsp3) is 0.300. The van der Waals surface area contributed by atoms with E-state index in [2.05, 4.69) is 15.5 Å². The summed E-state index contributed by atoms with van der Waals surface area (Å²) in [5.41, 5.74) is 1.95. The van der Waals surface area contributed by atoms with Crippen molar-refractivity contribution in [3.63, 3.8) is 0 Å². The predicted molar refractivity (Wildman–Crippen MR) is 99.0 cm³/mol. The van der Waals surface area contributed by atoms with Gasteiger partial charge in [-0.05, 0) is 36.8 Å². The average molecular weight is 367 g/mol. The zero-order chi connectivity index (χ0) is 18.6. The van der Waals surface area contributed by atoms with Gasteiger partial charge in [0.05, 0.1) is 13.2 Å². The SMILES string of the molecule is COc1cccc(-c2noc(C(C)NCc3ccc4c(c3)OCCO4)n2)c1. The Morgan fingerprint density at radius 2 is 1.96 bits per heavy atom. The van der Waals surface area contributed by atoms with Gasteiger partial charge in [0.1, 0.15) is 19.0 Å². The van der Waals surface area contributed by atoms with Crippen LogP contribution in [0, 0.1) is 0 Å². The van der Waals surface area contributed by atoms with Crippen LogP contribution in [0.2, 0.25) is 0 Å². The van der Waals surface area contributed by atoms with E-state index in [0.29, 0.717) is 31.5 Å². The number of aromatic nitrogens is 2. The van der Waals surface area contributed by atoms with E-state index in [1.165, 1.54) is 0 Å². The molecule has 0 aliphatic carbocycles. The lowest BCUT2D eigenvalue weighted by Crippen LogP contribution is -2.19. The number of hydrogen-bond donors (Lipinski definition) is 1. The lowest BCUT2D eigenvalue weighted by Gasteiger charge is -2.19. The molecule has 0 fully saturated rings. The number of methoxy groups -OCH3 is 1. The zero-order valence-electron chi connectivity index (χ0n) is 15.3. The molecule has 0 amide bonds. The first-order valence-corrected chi connectivity index (χ1v) is 8.83. The van der Waals surface area contributed by atoms with Gasteiger partial charge in [-0.2, -0.15) is 4.98 Å². The van der Waals surface area contributed by atoms with Crippen molar-refractivity contribution in [2.24, 2.45) is 0 Å². The second-order valence-corrected chi connectivity index (χ2v) is 6.27. The summed E-state index contributed by atoms with van der Waals surface area (Å²) in [5, 5.41) is 7.47. The van der Waals surface area contributed by atoms with Gasteiger partial charge in [-0.1, -0.05) is 23.4 Å². The first-order chi connectivity index (χ1) is 13.2. The number of benzene rings is 2. The minimum absolute atomic E-state index is 0.0925. The van der Waals surface area contributed by atoms with E-state index in [1.807, 2.05) is 49.4 Å². The van der Waals surface area contributed by atoms with Crippen LogP contribution in [0.5, 0.6) is 17.2 Å². The molecule has 1 aliphatic heterocycles. The third kappa shape index (κ3) is 3.88. The number of hydrogen-bond acceptors (Lipinski definition) is 7. The van der Waals surface area contributed by atoms with Crippen LogP contribution in [-0.2, 0) is 6.54 Å². The van der Waals surface area contributed by atoms with E-state index in [-0.39, 0.29) is 6.04 Å². The Bertz CT molecular complexity index is 925. The number of fused-ring (bicyclic) bond motifs is 1. The highest BCUT2D eigenvalue weighted by Gasteiger charge is 2.16. The minimum Gasteiger partial charge on any atom is -0.497 e. The average Bonchev–Trinajstić information content (AvgIpc) is 3.22. The molecule has 1 N–H and O–H groups in total. The summed E-state index contributed by atoms with van der Waals surface area (Å²) in [6.07, 6.45) is 0. The van der Waals surface area contributed by atoms with Crippen molar-refractivity contribution in [3.8, 4) is 28.6 Å². The van der Waals surface area contributed by atoms with Crippen LogP contribution in [0.25, 0.3) is 11.4 Å². The lowest BCUT2D eigenvalue weighted by molar-refractivity contribution is 0.171. The van der Waals surface area contributed by atoms with Crippen molar-refractivity contribution >= 4 is 0 Å². The minimum atomic E-state index is -0.0925. The van der Waals surface area contributed by atoms with E-state index in [4.69, 9.17) is 18.7 Å². The van der Waals surface area contributed by atoms with Gasteiger partial charge >= 0.3 is 0 Å². The molecule has 0 saturated heterocycles. The fourth-order valence-electron chi connectivity index (χ4n) is 2.85. The third-order valence-electron chi connectivity index (χ3n) is 4.36. The molecule has 0 spiro atoms. The maximum atomic E-state index is 5.62. The first-order valence-electron chi connectivity index (χ1n) is 8.83. The molecule has 1 aliphatic rings. The molecule has 0 saturated carbocycles. The predicted octanol–water partition coefficient (Wildman–Crippen LogP) is 3.37. The molecule has 0 bridgehead atoms. The Morgan fingerprint density at radius 1 is 1.11 bits per heavy atom. The molecule has 3 aromatic rings. The molecular formula is C20H21N3O4. The summed E-state index contributed by atoms with van der Waals surface area (Å²) >= 11 is 0. The number of rotatable bonds is 6. The first kappa shape index (κ1) is 17.4. The van der Waals surface area contributed by atoms with Crippen molar-refractivity contribution in [1.29, 1.82) is 0 Å². The molecule has 27 heavy (non-hydrogen) atoms. The molecule has 140 valence electrons. The summed E-state index contributed by atoms with van der Waals surface area (Å²) in [6.45, 7) is 3.80. The molecule has 2 aromatic carbocycles. The van der Waals surface area contributed by atoms with Gasteiger partial charge in [-0.15, -0.1) is 0 Å². The molecule has 1 unspecified atom stereocenters. The summed E-state index contributed by atoms with van der Waals surface area (Å²) < 4.78 is 21.8. The van der Waals surface area contributed by atoms with Crippen molar-refractivity contribution in [3.05, 3.63) is 53.9 Å². The van der Waals surface area contributed by atoms with E-state index in [0.717, 1.165) is 28.4 Å². The highest BCUT2D eigenvalue weighted by atomic mass is 16.6. The number of nitrogens with one attached hydrogen (secondary N) is 1. The van der Waals surface area contributed by atoms with Gasteiger partial charge in [0.25, 0.3) is 0 Å². The Morgan fingerprint density at radius 3 is 2.81 bits per heavy atom. The van der Waals surface area contributed by atoms with Crippen LogP contribution in [-0.4, -0.2) is 30.5 Å². The van der Waals surface area contributed by atoms with Crippen molar-refractivity contribution in [1.82, 2.24) is 15.5 Å². The number of ether oxygens (including phenoxy) is 3. The second-order valence-electron chi connectivity index (χ2n) is 6.27. The smallest absolute Gasteiger partial charge is 0.243 e. The van der Waals surface area contributed by atoms with E-state index >= 15 is 0 Å². The van der Waals surface area contributed by atoms with Crippen LogP contribution in [0.15, 0.2) is 47.0 Å². The highest BCUT2D eigenvalue weighted by Crippen LogP contribution is 2.31. The largest absolute Gasteiger partial charge is 0.497 e. The van der Waals surface area contributed by atoms with Gasteiger partial charge in [0, 0.05) is 12.1 Å². The molecule has 0 radical (unpaired) electrons. The van der Waals surface area contributed by atoms with E-state index in [1.54, 1.807) is 7.11 Å². The molecule has 2 heterocycles. The molecule has 1 atom stereocenters. The summed E-state index contributed by atoms with van der Waals surface area (Å²) in [7, 11) is 1.63.